The second-order valence-electron chi connectivity index (χ2n) is 7.82. The SMILES string of the molecule is C=C/C=C(\C=C/C)C(CC(C)(C)C(/C=C\CC)=C/C=C\C)/C(=C/C)N=CCCC. The zero-order valence-electron chi connectivity index (χ0n) is 19.9. The molecule has 0 bridgehead atoms. The lowest BCUT2D eigenvalue weighted by molar-refractivity contribution is 0.372. The average molecular weight is 394 g/mol. The van der Waals surface area contributed by atoms with Crippen LogP contribution in [0.3, 0.4) is 0 Å². The maximum Gasteiger partial charge on any atom is 0.0432 e. The van der Waals surface area contributed by atoms with E-state index in [-0.39, 0.29) is 11.3 Å². The van der Waals surface area contributed by atoms with Crippen molar-refractivity contribution >= 4 is 6.21 Å². The molecule has 0 spiro atoms. The fraction of sp³-hybridized carbons (Fsp3) is 0.464. The first-order chi connectivity index (χ1) is 13.9. The van der Waals surface area contributed by atoms with E-state index in [4.69, 9.17) is 4.99 Å². The summed E-state index contributed by atoms with van der Waals surface area (Å²) in [5, 5.41) is 0. The first kappa shape index (κ1) is 26.9. The fourth-order valence-corrected chi connectivity index (χ4v) is 3.25. The van der Waals surface area contributed by atoms with Crippen LogP contribution in [0, 0.1) is 11.3 Å². The molecule has 0 heterocycles. The summed E-state index contributed by atoms with van der Waals surface area (Å²) >= 11 is 0. The Balaban J connectivity index is 6.27. The van der Waals surface area contributed by atoms with Crippen molar-refractivity contribution in [3.05, 3.63) is 84.2 Å². The molecule has 0 N–H and O–H groups in total. The van der Waals surface area contributed by atoms with Crippen LogP contribution in [0.2, 0.25) is 0 Å². The number of aliphatic imine (C=N–C) groups is 1. The van der Waals surface area contributed by atoms with Gasteiger partial charge in [0, 0.05) is 17.8 Å². The Kier molecular flexibility index (Phi) is 14.6. The Morgan fingerprint density at radius 2 is 1.76 bits per heavy atom. The van der Waals surface area contributed by atoms with Gasteiger partial charge in [-0.3, -0.25) is 4.99 Å². The first-order valence-corrected chi connectivity index (χ1v) is 11.1. The molecule has 1 nitrogen and oxygen atoms in total. The quantitative estimate of drug-likeness (QED) is 0.219. The monoisotopic (exact) mass is 393 g/mol. The van der Waals surface area contributed by atoms with Crippen molar-refractivity contribution in [3.8, 4) is 0 Å². The predicted octanol–water partition coefficient (Wildman–Crippen LogP) is 8.95. The van der Waals surface area contributed by atoms with Crippen molar-refractivity contribution in [1.29, 1.82) is 0 Å². The van der Waals surface area contributed by atoms with Crippen molar-refractivity contribution < 1.29 is 0 Å². The number of allylic oxidation sites excluding steroid dienone is 12. The van der Waals surface area contributed by atoms with Gasteiger partial charge in [-0.15, -0.1) is 0 Å². The smallest absolute Gasteiger partial charge is 0.0432 e. The summed E-state index contributed by atoms with van der Waals surface area (Å²) in [4.78, 5) is 4.86. The van der Waals surface area contributed by atoms with Crippen LogP contribution in [-0.4, -0.2) is 6.21 Å². The molecular formula is C28H43N. The van der Waals surface area contributed by atoms with Crippen molar-refractivity contribution in [2.45, 2.75) is 74.1 Å². The topological polar surface area (TPSA) is 12.4 Å². The van der Waals surface area contributed by atoms with Gasteiger partial charge < -0.3 is 0 Å². The number of hydrogen-bond acceptors (Lipinski definition) is 1. The molecule has 0 aliphatic rings. The highest BCUT2D eigenvalue weighted by Crippen LogP contribution is 2.40. The predicted molar refractivity (Wildman–Crippen MR) is 134 cm³/mol. The van der Waals surface area contributed by atoms with E-state index >= 15 is 0 Å². The second kappa shape index (κ2) is 15.7. The molecule has 1 unspecified atom stereocenters. The average Bonchev–Trinajstić information content (AvgIpc) is 2.69. The van der Waals surface area contributed by atoms with Gasteiger partial charge >= 0.3 is 0 Å². The van der Waals surface area contributed by atoms with E-state index in [0.717, 1.165) is 31.4 Å². The van der Waals surface area contributed by atoms with Crippen LogP contribution in [0.25, 0.3) is 0 Å². The molecule has 0 aromatic carbocycles. The van der Waals surface area contributed by atoms with Crippen molar-refractivity contribution in [1.82, 2.24) is 0 Å². The highest BCUT2D eigenvalue weighted by Gasteiger charge is 2.29. The molecule has 0 saturated carbocycles. The Morgan fingerprint density at radius 3 is 2.28 bits per heavy atom. The van der Waals surface area contributed by atoms with Gasteiger partial charge in [0.1, 0.15) is 0 Å². The van der Waals surface area contributed by atoms with Crippen LogP contribution in [-0.2, 0) is 0 Å². The van der Waals surface area contributed by atoms with Crippen LogP contribution in [0.1, 0.15) is 74.1 Å². The highest BCUT2D eigenvalue weighted by atomic mass is 14.7. The van der Waals surface area contributed by atoms with E-state index in [9.17, 15) is 0 Å². The lowest BCUT2D eigenvalue weighted by atomic mass is 9.73. The van der Waals surface area contributed by atoms with Gasteiger partial charge in [0.2, 0.25) is 0 Å². The summed E-state index contributed by atoms with van der Waals surface area (Å²) in [6.07, 6.45) is 27.6. The largest absolute Gasteiger partial charge is 0.265 e. The summed E-state index contributed by atoms with van der Waals surface area (Å²) in [5.74, 6) is 0.210. The summed E-state index contributed by atoms with van der Waals surface area (Å²) in [7, 11) is 0. The van der Waals surface area contributed by atoms with Gasteiger partial charge in [0.25, 0.3) is 0 Å². The molecule has 0 saturated heterocycles. The third kappa shape index (κ3) is 10.3. The lowest BCUT2D eigenvalue weighted by Gasteiger charge is -2.32. The Morgan fingerprint density at radius 1 is 1.03 bits per heavy atom. The lowest BCUT2D eigenvalue weighted by Crippen LogP contribution is -2.21. The maximum atomic E-state index is 4.86. The van der Waals surface area contributed by atoms with E-state index in [1.54, 1.807) is 0 Å². The van der Waals surface area contributed by atoms with Gasteiger partial charge in [0.15, 0.2) is 0 Å². The molecule has 0 aliphatic heterocycles. The Bertz CT molecular complexity index is 675. The van der Waals surface area contributed by atoms with Crippen LogP contribution in [0.4, 0.5) is 0 Å². The van der Waals surface area contributed by atoms with Crippen LogP contribution < -0.4 is 0 Å². The minimum Gasteiger partial charge on any atom is -0.265 e. The Labute approximate surface area is 181 Å². The van der Waals surface area contributed by atoms with E-state index < -0.39 is 0 Å². The fourth-order valence-electron chi connectivity index (χ4n) is 3.25. The molecule has 0 aromatic rings. The second-order valence-corrected chi connectivity index (χ2v) is 7.82. The number of unbranched alkanes of at least 4 members (excludes halogenated alkanes) is 1. The van der Waals surface area contributed by atoms with E-state index in [1.807, 2.05) is 6.08 Å². The molecule has 1 heteroatoms. The molecule has 29 heavy (non-hydrogen) atoms. The molecule has 0 radical (unpaired) electrons. The molecular weight excluding hydrogens is 350 g/mol. The van der Waals surface area contributed by atoms with E-state index in [0.29, 0.717) is 0 Å². The maximum absolute atomic E-state index is 4.86. The minimum atomic E-state index is -0.00771. The summed E-state index contributed by atoms with van der Waals surface area (Å²) in [6.45, 7) is 19.2. The zero-order valence-corrected chi connectivity index (χ0v) is 19.9. The van der Waals surface area contributed by atoms with Crippen LogP contribution >= 0.6 is 0 Å². The molecule has 0 rings (SSSR count). The molecule has 0 aromatic heterocycles. The number of nitrogens with zero attached hydrogens (tertiary/aromatic N) is 1. The number of rotatable bonds is 13. The molecule has 0 amide bonds. The first-order valence-electron chi connectivity index (χ1n) is 11.1. The van der Waals surface area contributed by atoms with Crippen LogP contribution in [0.15, 0.2) is 89.2 Å². The van der Waals surface area contributed by atoms with Crippen molar-refractivity contribution in [3.63, 3.8) is 0 Å². The van der Waals surface area contributed by atoms with E-state index in [2.05, 4.69) is 116 Å². The molecule has 0 fully saturated rings. The van der Waals surface area contributed by atoms with Gasteiger partial charge in [-0.05, 0) is 56.6 Å². The molecule has 0 aliphatic carbocycles. The van der Waals surface area contributed by atoms with Gasteiger partial charge in [-0.25, -0.2) is 0 Å². The highest BCUT2D eigenvalue weighted by molar-refractivity contribution is 5.59. The third-order valence-corrected chi connectivity index (χ3v) is 4.88. The number of hydrogen-bond donors (Lipinski definition) is 0. The molecule has 1 atom stereocenters. The van der Waals surface area contributed by atoms with Crippen molar-refractivity contribution in [2.24, 2.45) is 16.3 Å². The summed E-state index contributed by atoms with van der Waals surface area (Å²) in [6, 6.07) is 0. The summed E-state index contributed by atoms with van der Waals surface area (Å²) < 4.78 is 0. The van der Waals surface area contributed by atoms with Crippen molar-refractivity contribution in [2.75, 3.05) is 0 Å². The normalized spacial score (nSPS) is 16.0. The Hall–Kier alpha value is -2.15. The standard InChI is InChI=1S/C28H43N/c1-9-15-20-25(21-16-10-2)28(7,8)23-26(24(18-12-4)19-13-5)27(14-6)29-22-17-11-3/h9,12-16,18-22,26H,4,10-11,17,23H2,1-3,5-8H3/b15-9-,19-13-,21-16-,24-18+,25-20+,27-14-,29-22?. The van der Waals surface area contributed by atoms with Gasteiger partial charge in [-0.2, -0.15) is 0 Å². The summed E-state index contributed by atoms with van der Waals surface area (Å²) in [5.41, 5.74) is 3.71. The van der Waals surface area contributed by atoms with Gasteiger partial charge in [-0.1, -0.05) is 101 Å². The third-order valence-electron chi connectivity index (χ3n) is 4.88. The van der Waals surface area contributed by atoms with E-state index in [1.165, 1.54) is 11.1 Å². The minimum absolute atomic E-state index is 0.00771. The van der Waals surface area contributed by atoms with Gasteiger partial charge in [0.05, 0.1) is 0 Å². The molecule has 160 valence electrons. The zero-order chi connectivity index (χ0) is 22.1. The van der Waals surface area contributed by atoms with Crippen LogP contribution in [0.5, 0.6) is 0 Å².